The number of amides is 1. The van der Waals surface area contributed by atoms with Crippen molar-refractivity contribution < 1.29 is 19.8 Å². The summed E-state index contributed by atoms with van der Waals surface area (Å²) in [7, 11) is 0. The Morgan fingerprint density at radius 3 is 2.62 bits per heavy atom. The van der Waals surface area contributed by atoms with E-state index in [1.165, 1.54) is 24.4 Å². The largest absolute Gasteiger partial charge is 0.506 e. The number of carbonyl (C=O) groups excluding carboxylic acids is 1. The molecule has 0 atom stereocenters. The van der Waals surface area contributed by atoms with E-state index < -0.39 is 11.9 Å². The van der Waals surface area contributed by atoms with Gasteiger partial charge in [-0.25, -0.2) is 9.78 Å². The van der Waals surface area contributed by atoms with Gasteiger partial charge in [-0.1, -0.05) is 11.6 Å². The number of hydrogen-bond acceptors (Lipinski definition) is 4. The summed E-state index contributed by atoms with van der Waals surface area (Å²) in [6, 6.07) is 5.07. The fourth-order valence-electron chi connectivity index (χ4n) is 1.54. The first-order chi connectivity index (χ1) is 9.88. The molecule has 0 spiro atoms. The standard InChI is InChI=1S/C13H8BrClN2O4/c14-7-4-8(11(15)16-5-7)12(19)17-9-2-1-6(13(20)21)3-10(9)18/h1-5,18H,(H,17,19)(H,20,21). The summed E-state index contributed by atoms with van der Waals surface area (Å²) in [5, 5.41) is 21.0. The number of aromatic nitrogens is 1. The lowest BCUT2D eigenvalue weighted by atomic mass is 10.2. The van der Waals surface area contributed by atoms with Crippen LogP contribution in [-0.4, -0.2) is 27.1 Å². The number of nitrogens with zero attached hydrogens (tertiary/aromatic N) is 1. The average Bonchev–Trinajstić information content (AvgIpc) is 2.43. The number of benzene rings is 1. The van der Waals surface area contributed by atoms with Gasteiger partial charge in [0.05, 0.1) is 16.8 Å². The van der Waals surface area contributed by atoms with Crippen molar-refractivity contribution in [3.63, 3.8) is 0 Å². The number of aromatic carboxylic acids is 1. The van der Waals surface area contributed by atoms with Crippen LogP contribution in [0.5, 0.6) is 5.75 Å². The number of aromatic hydroxyl groups is 1. The van der Waals surface area contributed by atoms with Crippen LogP contribution in [0.1, 0.15) is 20.7 Å². The Hall–Kier alpha value is -2.12. The Morgan fingerprint density at radius 1 is 1.29 bits per heavy atom. The van der Waals surface area contributed by atoms with Gasteiger partial charge < -0.3 is 15.5 Å². The van der Waals surface area contributed by atoms with Gasteiger partial charge in [-0.3, -0.25) is 4.79 Å². The highest BCUT2D eigenvalue weighted by molar-refractivity contribution is 9.10. The van der Waals surface area contributed by atoms with Crippen LogP contribution < -0.4 is 5.32 Å². The van der Waals surface area contributed by atoms with Gasteiger partial charge in [0.2, 0.25) is 0 Å². The van der Waals surface area contributed by atoms with Crippen LogP contribution in [0.25, 0.3) is 0 Å². The van der Waals surface area contributed by atoms with E-state index >= 15 is 0 Å². The van der Waals surface area contributed by atoms with E-state index in [4.69, 9.17) is 16.7 Å². The van der Waals surface area contributed by atoms with Crippen LogP contribution >= 0.6 is 27.5 Å². The highest BCUT2D eigenvalue weighted by Crippen LogP contribution is 2.26. The van der Waals surface area contributed by atoms with E-state index in [0.29, 0.717) is 4.47 Å². The molecule has 0 fully saturated rings. The molecular weight excluding hydrogens is 364 g/mol. The smallest absolute Gasteiger partial charge is 0.335 e. The number of pyridine rings is 1. The van der Waals surface area contributed by atoms with E-state index in [2.05, 4.69) is 26.2 Å². The lowest BCUT2D eigenvalue weighted by Crippen LogP contribution is -2.13. The molecule has 8 heteroatoms. The zero-order valence-electron chi connectivity index (χ0n) is 10.3. The maximum Gasteiger partial charge on any atom is 0.335 e. The number of rotatable bonds is 3. The fourth-order valence-corrected chi connectivity index (χ4v) is 2.06. The number of nitrogens with one attached hydrogen (secondary N) is 1. The Kier molecular flexibility index (Phi) is 4.44. The predicted molar refractivity (Wildman–Crippen MR) is 80.0 cm³/mol. The monoisotopic (exact) mass is 370 g/mol. The molecule has 0 saturated heterocycles. The average molecular weight is 372 g/mol. The number of carboxylic acid groups (broad SMARTS) is 1. The van der Waals surface area contributed by atoms with Gasteiger partial charge in [-0.2, -0.15) is 0 Å². The molecule has 108 valence electrons. The van der Waals surface area contributed by atoms with Gasteiger partial charge in [0.15, 0.2) is 0 Å². The van der Waals surface area contributed by atoms with Gasteiger partial charge in [-0.15, -0.1) is 0 Å². The summed E-state index contributed by atoms with van der Waals surface area (Å²) in [6.07, 6.45) is 1.44. The van der Waals surface area contributed by atoms with E-state index in [1.54, 1.807) is 0 Å². The Morgan fingerprint density at radius 2 is 2.00 bits per heavy atom. The summed E-state index contributed by atoms with van der Waals surface area (Å²) in [5.41, 5.74) is 0.0986. The fraction of sp³-hybridized carbons (Fsp3) is 0. The summed E-state index contributed by atoms with van der Waals surface area (Å²) < 4.78 is 0.572. The SMILES string of the molecule is O=C(O)c1ccc(NC(=O)c2cc(Br)cnc2Cl)c(O)c1. The molecule has 6 nitrogen and oxygen atoms in total. The van der Waals surface area contributed by atoms with E-state index in [1.807, 2.05) is 0 Å². The van der Waals surface area contributed by atoms with Crippen molar-refractivity contribution in [2.24, 2.45) is 0 Å². The number of halogens is 2. The third-order valence-corrected chi connectivity index (χ3v) is 3.28. The molecule has 2 aromatic rings. The summed E-state index contributed by atoms with van der Waals surface area (Å²) in [4.78, 5) is 26.7. The van der Waals surface area contributed by atoms with Crippen molar-refractivity contribution in [1.82, 2.24) is 4.98 Å². The quantitative estimate of drug-likeness (QED) is 0.568. The van der Waals surface area contributed by atoms with Gasteiger partial charge in [0.25, 0.3) is 5.91 Å². The summed E-state index contributed by atoms with van der Waals surface area (Å²) >= 11 is 9.01. The molecule has 0 aliphatic rings. The van der Waals surface area contributed by atoms with Crippen LogP contribution in [0, 0.1) is 0 Å². The number of carbonyl (C=O) groups is 2. The second-order valence-electron chi connectivity index (χ2n) is 3.98. The maximum absolute atomic E-state index is 12.1. The Labute approximate surface area is 132 Å². The van der Waals surface area contributed by atoms with Gasteiger partial charge in [-0.05, 0) is 40.2 Å². The molecule has 3 N–H and O–H groups in total. The van der Waals surface area contributed by atoms with Crippen LogP contribution in [-0.2, 0) is 0 Å². The van der Waals surface area contributed by atoms with Crippen LogP contribution in [0.15, 0.2) is 34.9 Å². The molecule has 0 aliphatic heterocycles. The Bertz CT molecular complexity index is 736. The molecule has 1 amide bonds. The van der Waals surface area contributed by atoms with Crippen molar-refractivity contribution in [2.45, 2.75) is 0 Å². The first-order valence-electron chi connectivity index (χ1n) is 5.57. The molecule has 0 bridgehead atoms. The van der Waals surface area contributed by atoms with E-state index in [9.17, 15) is 14.7 Å². The zero-order valence-corrected chi connectivity index (χ0v) is 12.6. The molecule has 0 unspecified atom stereocenters. The second-order valence-corrected chi connectivity index (χ2v) is 5.26. The minimum absolute atomic E-state index is 0.0114. The van der Waals surface area contributed by atoms with Crippen molar-refractivity contribution >= 4 is 45.1 Å². The van der Waals surface area contributed by atoms with Crippen molar-refractivity contribution in [1.29, 1.82) is 0 Å². The molecule has 1 heterocycles. The van der Waals surface area contributed by atoms with Gasteiger partial charge in [0, 0.05) is 10.7 Å². The highest BCUT2D eigenvalue weighted by atomic mass is 79.9. The van der Waals surface area contributed by atoms with E-state index in [0.717, 1.165) is 6.07 Å². The third kappa shape index (κ3) is 3.50. The molecule has 1 aromatic carbocycles. The van der Waals surface area contributed by atoms with Crippen molar-refractivity contribution in [3.8, 4) is 5.75 Å². The van der Waals surface area contributed by atoms with Crippen molar-refractivity contribution in [3.05, 3.63) is 51.2 Å². The number of phenolic OH excluding ortho intramolecular Hbond substituents is 1. The number of phenols is 1. The number of carboxylic acids is 1. The molecule has 0 aliphatic carbocycles. The minimum Gasteiger partial charge on any atom is -0.506 e. The van der Waals surface area contributed by atoms with Crippen LogP contribution in [0.4, 0.5) is 5.69 Å². The zero-order chi connectivity index (χ0) is 15.6. The van der Waals surface area contributed by atoms with Gasteiger partial charge in [0.1, 0.15) is 10.9 Å². The Balaban J connectivity index is 2.27. The van der Waals surface area contributed by atoms with Crippen molar-refractivity contribution in [2.75, 3.05) is 5.32 Å². The predicted octanol–water partition coefficient (Wildman–Crippen LogP) is 3.15. The first-order valence-corrected chi connectivity index (χ1v) is 6.74. The van der Waals surface area contributed by atoms with Crippen LogP contribution in [0.2, 0.25) is 5.15 Å². The molecule has 21 heavy (non-hydrogen) atoms. The molecule has 0 saturated carbocycles. The highest BCUT2D eigenvalue weighted by Gasteiger charge is 2.15. The summed E-state index contributed by atoms with van der Waals surface area (Å²) in [6.45, 7) is 0. The molecule has 2 rings (SSSR count). The maximum atomic E-state index is 12.1. The third-order valence-electron chi connectivity index (χ3n) is 2.54. The van der Waals surface area contributed by atoms with Crippen LogP contribution in [0.3, 0.4) is 0 Å². The molecule has 0 radical (unpaired) electrons. The van der Waals surface area contributed by atoms with E-state index in [-0.39, 0.29) is 27.7 Å². The lowest BCUT2D eigenvalue weighted by molar-refractivity contribution is 0.0696. The first kappa shape index (κ1) is 15.3. The molecular formula is C13H8BrClN2O4. The minimum atomic E-state index is -1.18. The molecule has 1 aromatic heterocycles. The number of hydrogen-bond donors (Lipinski definition) is 3. The van der Waals surface area contributed by atoms with Gasteiger partial charge >= 0.3 is 5.97 Å². The second kappa shape index (κ2) is 6.11. The lowest BCUT2D eigenvalue weighted by Gasteiger charge is -2.09. The number of anilines is 1. The topological polar surface area (TPSA) is 99.5 Å². The normalized spacial score (nSPS) is 10.2. The summed E-state index contributed by atoms with van der Waals surface area (Å²) in [5.74, 6) is -2.11.